The van der Waals surface area contributed by atoms with Crippen LogP contribution in [-0.4, -0.2) is 102 Å². The number of pyridine rings is 1. The summed E-state index contributed by atoms with van der Waals surface area (Å²) < 4.78 is 59.8. The van der Waals surface area contributed by atoms with Crippen LogP contribution in [0.1, 0.15) is 69.9 Å². The Morgan fingerprint density at radius 1 is 0.962 bits per heavy atom. The van der Waals surface area contributed by atoms with E-state index in [4.69, 9.17) is 24.3 Å². The van der Waals surface area contributed by atoms with Crippen LogP contribution in [0, 0.1) is 0 Å². The molecule has 294 valence electrons. The Morgan fingerprint density at radius 3 is 2.04 bits per heavy atom. The van der Waals surface area contributed by atoms with Crippen LogP contribution in [0.3, 0.4) is 0 Å². The van der Waals surface area contributed by atoms with Crippen molar-refractivity contribution in [3.05, 3.63) is 42.0 Å². The number of aliphatic hydroxyl groups is 1. The van der Waals surface area contributed by atoms with Gasteiger partial charge >= 0.3 is 12.3 Å². The Morgan fingerprint density at radius 2 is 1.55 bits per heavy atom. The predicted molar refractivity (Wildman–Crippen MR) is 205 cm³/mol. The van der Waals surface area contributed by atoms with Gasteiger partial charge in [-0.05, 0) is 64.6 Å². The second-order valence-electron chi connectivity index (χ2n) is 17.9. The Bertz CT molecular complexity index is 1670. The summed E-state index contributed by atoms with van der Waals surface area (Å²) in [6, 6.07) is 6.76. The number of amides is 1. The number of fused-ring (bicyclic) bond motifs is 3. The van der Waals surface area contributed by atoms with Gasteiger partial charge in [0.05, 0.1) is 11.9 Å². The van der Waals surface area contributed by atoms with Gasteiger partial charge in [-0.3, -0.25) is 4.98 Å². The van der Waals surface area contributed by atoms with E-state index in [1.165, 1.54) is 18.3 Å². The first-order chi connectivity index (χ1) is 24.6. The molecule has 0 aromatic carbocycles. The minimum atomic E-state index is -4.83. The molecule has 2 aliphatic rings. The smallest absolute Gasteiger partial charge is 0.420 e. The summed E-state index contributed by atoms with van der Waals surface area (Å²) >= 11 is 0. The van der Waals surface area contributed by atoms with Crippen molar-refractivity contribution in [1.82, 2.24) is 24.5 Å². The molecule has 0 aliphatic carbocycles. The molecule has 1 N–H and O–H groups in total. The van der Waals surface area contributed by atoms with Gasteiger partial charge in [-0.15, -0.1) is 0 Å². The van der Waals surface area contributed by atoms with Gasteiger partial charge in [-0.25, -0.2) is 9.78 Å². The summed E-state index contributed by atoms with van der Waals surface area (Å²) in [7, 11) is -2.69. The minimum absolute atomic E-state index is 0.0159. The highest BCUT2D eigenvalue weighted by Crippen LogP contribution is 2.44. The molecule has 1 unspecified atom stereocenters. The molecule has 4 atom stereocenters. The lowest BCUT2D eigenvalue weighted by Crippen LogP contribution is -2.48. The number of aliphatic hydroxyl groups excluding tert-OH is 1. The molecule has 5 heterocycles. The lowest BCUT2D eigenvalue weighted by Gasteiger charge is -2.39. The van der Waals surface area contributed by atoms with E-state index in [-0.39, 0.29) is 37.6 Å². The first kappa shape index (κ1) is 41.1. The maximum atomic E-state index is 13.3. The molecule has 16 heteroatoms. The average molecular weight is 779 g/mol. The van der Waals surface area contributed by atoms with Gasteiger partial charge < -0.3 is 29.1 Å². The van der Waals surface area contributed by atoms with Gasteiger partial charge in [0.15, 0.2) is 11.8 Å². The average Bonchev–Trinajstić information content (AvgIpc) is 3.59. The number of hydrogen-bond donors (Lipinski definition) is 1. The maximum Gasteiger partial charge on any atom is 0.420 e. The molecule has 3 aromatic heterocycles. The number of hydrogen-bond acceptors (Lipinski definition) is 9. The third kappa shape index (κ3) is 10.8. The number of aromatic nitrogens is 4. The van der Waals surface area contributed by atoms with Gasteiger partial charge in [-0.1, -0.05) is 45.3 Å². The van der Waals surface area contributed by atoms with Gasteiger partial charge in [0.2, 0.25) is 0 Å². The van der Waals surface area contributed by atoms with E-state index in [1.807, 2.05) is 36.6 Å². The summed E-state index contributed by atoms with van der Waals surface area (Å²) in [5.74, 6) is 0.749. The van der Waals surface area contributed by atoms with Crippen molar-refractivity contribution in [3.8, 4) is 11.1 Å². The summed E-state index contributed by atoms with van der Waals surface area (Å²) in [4.78, 5) is 26.3. The molecular formula is C37H57F3N6O5Si2. The fraction of sp³-hybridized carbons (Fsp3) is 0.676. The molecular weight excluding hydrogens is 722 g/mol. The molecule has 2 saturated heterocycles. The van der Waals surface area contributed by atoms with E-state index in [1.54, 1.807) is 10.7 Å². The van der Waals surface area contributed by atoms with Crippen molar-refractivity contribution in [1.29, 1.82) is 0 Å². The fourth-order valence-electron chi connectivity index (χ4n) is 6.80. The van der Waals surface area contributed by atoms with Gasteiger partial charge in [-0.2, -0.15) is 22.8 Å². The third-order valence-electron chi connectivity index (χ3n) is 9.73. The van der Waals surface area contributed by atoms with Gasteiger partial charge in [0.25, 0.3) is 0 Å². The van der Waals surface area contributed by atoms with Crippen molar-refractivity contribution in [3.63, 3.8) is 0 Å². The molecule has 53 heavy (non-hydrogen) atoms. The number of ether oxygens (including phenoxy) is 3. The zero-order valence-corrected chi connectivity index (χ0v) is 34.7. The maximum absolute atomic E-state index is 13.3. The largest absolute Gasteiger partial charge is 0.444 e. The Balaban J connectivity index is 1.53. The van der Waals surface area contributed by atoms with E-state index in [2.05, 4.69) is 44.3 Å². The molecule has 2 bridgehead atoms. The van der Waals surface area contributed by atoms with Crippen LogP contribution in [-0.2, 0) is 14.2 Å². The zero-order valence-electron chi connectivity index (χ0n) is 32.7. The van der Waals surface area contributed by atoms with Crippen LogP contribution >= 0.6 is 0 Å². The number of carbonyl (C=O) groups is 1. The molecule has 0 saturated carbocycles. The zero-order chi connectivity index (χ0) is 38.9. The number of carbonyl (C=O) groups excluding carboxylic acids is 1. The lowest BCUT2D eigenvalue weighted by atomic mass is 9.88. The molecule has 0 radical (unpaired) electrons. The quantitative estimate of drug-likeness (QED) is 0.0978. The van der Waals surface area contributed by atoms with Crippen LogP contribution in [0.5, 0.6) is 0 Å². The van der Waals surface area contributed by atoms with E-state index < -0.39 is 39.7 Å². The van der Waals surface area contributed by atoms with Gasteiger partial charge in [0, 0.05) is 76.4 Å². The fourth-order valence-corrected chi connectivity index (χ4v) is 8.32. The van der Waals surface area contributed by atoms with E-state index in [9.17, 15) is 23.1 Å². The van der Waals surface area contributed by atoms with Crippen molar-refractivity contribution in [2.45, 2.75) is 134 Å². The first-order valence-corrected chi connectivity index (χ1v) is 26.0. The number of piperidine rings is 1. The summed E-state index contributed by atoms with van der Waals surface area (Å²) in [5, 5.41) is 14.5. The normalized spacial score (nSPS) is 20.2. The van der Waals surface area contributed by atoms with Crippen molar-refractivity contribution < 1.29 is 37.3 Å². The number of nitrogens with zero attached hydrogens (tertiary/aromatic N) is 6. The molecule has 0 spiro atoms. The Labute approximate surface area is 313 Å². The van der Waals surface area contributed by atoms with Gasteiger partial charge in [0.1, 0.15) is 24.9 Å². The number of alkyl halides is 3. The summed E-state index contributed by atoms with van der Waals surface area (Å²) in [5.41, 5.74) is 1.36. The second kappa shape index (κ2) is 16.0. The van der Waals surface area contributed by atoms with E-state index >= 15 is 0 Å². The first-order valence-electron chi connectivity index (χ1n) is 18.6. The third-order valence-corrected chi connectivity index (χ3v) is 13.1. The highest BCUT2D eigenvalue weighted by atomic mass is 28.3. The van der Waals surface area contributed by atoms with Crippen molar-refractivity contribution >= 4 is 33.7 Å². The monoisotopic (exact) mass is 778 g/mol. The molecule has 2 fully saturated rings. The van der Waals surface area contributed by atoms with E-state index in [0.29, 0.717) is 42.8 Å². The Kier molecular flexibility index (Phi) is 12.4. The number of anilines is 1. The summed E-state index contributed by atoms with van der Waals surface area (Å²) in [6.07, 6.45) is -1.65. The molecule has 1 amide bonds. The van der Waals surface area contributed by atoms with Crippen LogP contribution in [0.25, 0.3) is 16.8 Å². The predicted octanol–water partition coefficient (Wildman–Crippen LogP) is 8.46. The molecule has 11 nitrogen and oxygen atoms in total. The van der Waals surface area contributed by atoms with Crippen LogP contribution in [0.4, 0.5) is 23.8 Å². The summed E-state index contributed by atoms with van der Waals surface area (Å²) in [6.45, 7) is 21.2. The van der Waals surface area contributed by atoms with Crippen molar-refractivity contribution in [2.75, 3.05) is 31.6 Å². The highest BCUT2D eigenvalue weighted by molar-refractivity contribution is 6.76. The lowest BCUT2D eigenvalue weighted by molar-refractivity contribution is -0.207. The SMILES string of the molecule is CC(C)(C)OC(=O)N1[C@@H]2CC[C@H]1C[C@H](c1cc(N(COCC[Si](C)(C)C)COCC[Si](C)(C)C)n3ncc(-c4ccc(C(O)C(F)(F)F)nc4)c3n1)C2. The topological polar surface area (TPSA) is 115 Å². The minimum Gasteiger partial charge on any atom is -0.444 e. The van der Waals surface area contributed by atoms with Crippen LogP contribution < -0.4 is 4.90 Å². The van der Waals surface area contributed by atoms with E-state index in [0.717, 1.165) is 36.4 Å². The van der Waals surface area contributed by atoms with Crippen molar-refractivity contribution in [2.24, 2.45) is 0 Å². The Hall–Kier alpha value is -3.06. The standard InChI is InChI=1S/C37H57F3N6O5Si2/c1-36(2,3)51-35(48)45-27-11-12-28(45)19-26(18-27)31-20-32(44(23-49-14-16-52(4,5)6)24-50-15-17-53(7,8)9)46-34(43-31)29(22-42-46)25-10-13-30(41-21-25)33(47)37(38,39)40/h10,13,20-22,26-28,33,47H,11-12,14-19,23-24H2,1-9H3/t26-,27-,28+,33?. The molecule has 3 aromatic rings. The highest BCUT2D eigenvalue weighted by Gasteiger charge is 2.46. The number of halogens is 3. The van der Waals surface area contributed by atoms with Crippen LogP contribution in [0.15, 0.2) is 30.6 Å². The molecule has 2 aliphatic heterocycles. The van der Waals surface area contributed by atoms with Crippen LogP contribution in [0.2, 0.25) is 51.4 Å². The number of rotatable bonds is 14. The molecule has 5 rings (SSSR count). The second-order valence-corrected chi connectivity index (χ2v) is 29.2.